The summed E-state index contributed by atoms with van der Waals surface area (Å²) >= 11 is 0. The van der Waals surface area contributed by atoms with Gasteiger partial charge in [0.2, 0.25) is 5.91 Å². The number of hydrogen-bond donors (Lipinski definition) is 1. The van der Waals surface area contributed by atoms with Crippen LogP contribution in [0.1, 0.15) is 6.92 Å². The third-order valence-electron chi connectivity index (χ3n) is 1.48. The van der Waals surface area contributed by atoms with Crippen LogP contribution in [0.15, 0.2) is 18.2 Å². The number of nitrogens with one attached hydrogen (secondary N) is 1. The molecule has 1 rings (SSSR count). The summed E-state index contributed by atoms with van der Waals surface area (Å²) in [7, 11) is 0. The van der Waals surface area contributed by atoms with Gasteiger partial charge in [0.25, 0.3) is 0 Å². The largest absolute Gasteiger partial charge is 0.573 e. The van der Waals surface area contributed by atoms with Gasteiger partial charge in [0.1, 0.15) is 5.82 Å². The number of rotatable bonds is 2. The topological polar surface area (TPSA) is 38.3 Å². The van der Waals surface area contributed by atoms with Gasteiger partial charge < -0.3 is 10.1 Å². The number of carbonyl (C=O) groups excluding carboxylic acids is 1. The first-order valence-electron chi connectivity index (χ1n) is 4.11. The van der Waals surface area contributed by atoms with Crippen LogP contribution in [0.25, 0.3) is 0 Å². The van der Waals surface area contributed by atoms with Gasteiger partial charge in [-0.05, 0) is 12.1 Å². The Morgan fingerprint density at radius 2 is 2.00 bits per heavy atom. The number of hydrogen-bond acceptors (Lipinski definition) is 2. The summed E-state index contributed by atoms with van der Waals surface area (Å²) in [5.74, 6) is -2.07. The van der Waals surface area contributed by atoms with Crippen LogP contribution >= 0.6 is 0 Å². The number of halogens is 4. The Labute approximate surface area is 88.0 Å². The second-order valence-corrected chi connectivity index (χ2v) is 2.87. The zero-order valence-electron chi connectivity index (χ0n) is 8.06. The lowest BCUT2D eigenvalue weighted by Gasteiger charge is -2.13. The van der Waals surface area contributed by atoms with E-state index in [-0.39, 0.29) is 5.69 Å². The molecule has 7 heteroatoms. The molecule has 0 saturated carbocycles. The molecule has 0 aliphatic heterocycles. The maximum Gasteiger partial charge on any atom is 0.573 e. The molecular weight excluding hydrogens is 230 g/mol. The van der Waals surface area contributed by atoms with E-state index in [9.17, 15) is 22.4 Å². The lowest BCUT2D eigenvalue weighted by molar-refractivity contribution is -0.274. The molecule has 0 atom stereocenters. The van der Waals surface area contributed by atoms with Gasteiger partial charge in [-0.2, -0.15) is 0 Å². The molecule has 0 aliphatic carbocycles. The highest BCUT2D eigenvalue weighted by atomic mass is 19.4. The van der Waals surface area contributed by atoms with Gasteiger partial charge in [-0.25, -0.2) is 4.39 Å². The van der Waals surface area contributed by atoms with Crippen LogP contribution in [0.3, 0.4) is 0 Å². The number of ether oxygens (including phenoxy) is 1. The second kappa shape index (κ2) is 4.38. The lowest BCUT2D eigenvalue weighted by atomic mass is 10.3. The second-order valence-electron chi connectivity index (χ2n) is 2.87. The Hall–Kier alpha value is -1.79. The molecule has 16 heavy (non-hydrogen) atoms. The summed E-state index contributed by atoms with van der Waals surface area (Å²) in [5, 5.41) is 2.03. The van der Waals surface area contributed by atoms with E-state index in [1.807, 2.05) is 5.32 Å². The van der Waals surface area contributed by atoms with Crippen LogP contribution in [0, 0.1) is 5.82 Å². The number of anilines is 1. The Kier molecular flexibility index (Phi) is 3.36. The zero-order chi connectivity index (χ0) is 12.3. The Morgan fingerprint density at radius 1 is 1.38 bits per heavy atom. The van der Waals surface area contributed by atoms with E-state index in [0.717, 1.165) is 25.1 Å². The molecule has 1 aromatic rings. The normalized spacial score (nSPS) is 11.1. The summed E-state index contributed by atoms with van der Waals surface area (Å²) in [6.45, 7) is 1.09. The standard InChI is InChI=1S/C9H7F4NO2/c1-5(15)14-7-4-6(10)2-3-8(7)16-9(11,12)13/h2-4H,1H3,(H,14,15). The fourth-order valence-corrected chi connectivity index (χ4v) is 1.00. The molecule has 0 saturated heterocycles. The van der Waals surface area contributed by atoms with E-state index in [1.165, 1.54) is 0 Å². The zero-order valence-corrected chi connectivity index (χ0v) is 8.06. The maximum atomic E-state index is 12.7. The summed E-state index contributed by atoms with van der Waals surface area (Å²) < 4.78 is 52.1. The number of benzene rings is 1. The summed E-state index contributed by atoms with van der Waals surface area (Å²) in [6.07, 6.45) is -4.90. The molecule has 0 unspecified atom stereocenters. The summed E-state index contributed by atoms with van der Waals surface area (Å²) in [6, 6.07) is 2.32. The average Bonchev–Trinajstić information content (AvgIpc) is 2.06. The molecule has 1 amide bonds. The van der Waals surface area contributed by atoms with Crippen molar-refractivity contribution in [2.45, 2.75) is 13.3 Å². The maximum absolute atomic E-state index is 12.7. The van der Waals surface area contributed by atoms with E-state index >= 15 is 0 Å². The van der Waals surface area contributed by atoms with Crippen molar-refractivity contribution in [3.63, 3.8) is 0 Å². The van der Waals surface area contributed by atoms with E-state index in [0.29, 0.717) is 0 Å². The molecule has 1 N–H and O–H groups in total. The molecule has 0 radical (unpaired) electrons. The van der Waals surface area contributed by atoms with Crippen molar-refractivity contribution in [3.8, 4) is 5.75 Å². The predicted octanol–water partition coefficient (Wildman–Crippen LogP) is 2.68. The highest BCUT2D eigenvalue weighted by Gasteiger charge is 2.32. The molecule has 88 valence electrons. The van der Waals surface area contributed by atoms with Gasteiger partial charge in [0, 0.05) is 13.0 Å². The molecule has 0 aliphatic rings. The van der Waals surface area contributed by atoms with E-state index in [4.69, 9.17) is 0 Å². The smallest absolute Gasteiger partial charge is 0.404 e. The lowest BCUT2D eigenvalue weighted by Crippen LogP contribution is -2.19. The van der Waals surface area contributed by atoms with Gasteiger partial charge in [0.15, 0.2) is 5.75 Å². The van der Waals surface area contributed by atoms with Gasteiger partial charge in [0.05, 0.1) is 5.69 Å². The quantitative estimate of drug-likeness (QED) is 0.803. The molecular formula is C9H7F4NO2. The molecule has 0 fully saturated rings. The van der Waals surface area contributed by atoms with Gasteiger partial charge in [-0.15, -0.1) is 13.2 Å². The Balaban J connectivity index is 3.02. The summed E-state index contributed by atoms with van der Waals surface area (Å²) in [5.41, 5.74) is -0.371. The molecule has 1 aromatic carbocycles. The van der Waals surface area contributed by atoms with Crippen molar-refractivity contribution in [3.05, 3.63) is 24.0 Å². The van der Waals surface area contributed by atoms with Crippen LogP contribution in [0.2, 0.25) is 0 Å². The highest BCUT2D eigenvalue weighted by Crippen LogP contribution is 2.30. The number of amides is 1. The van der Waals surface area contributed by atoms with Crippen molar-refractivity contribution >= 4 is 11.6 Å². The first-order chi connectivity index (χ1) is 7.28. The predicted molar refractivity (Wildman–Crippen MR) is 47.4 cm³/mol. The molecule has 0 bridgehead atoms. The minimum atomic E-state index is -4.90. The fourth-order valence-electron chi connectivity index (χ4n) is 1.00. The molecule has 0 heterocycles. The average molecular weight is 237 g/mol. The van der Waals surface area contributed by atoms with E-state index in [1.54, 1.807) is 0 Å². The molecule has 0 aromatic heterocycles. The third-order valence-corrected chi connectivity index (χ3v) is 1.48. The molecule has 3 nitrogen and oxygen atoms in total. The van der Waals surface area contributed by atoms with Crippen LogP contribution in [-0.2, 0) is 4.79 Å². The first-order valence-corrected chi connectivity index (χ1v) is 4.11. The van der Waals surface area contributed by atoms with Crippen LogP contribution in [-0.4, -0.2) is 12.3 Å². The van der Waals surface area contributed by atoms with Crippen molar-refractivity contribution < 1.29 is 27.1 Å². The van der Waals surface area contributed by atoms with Crippen LogP contribution in [0.4, 0.5) is 23.2 Å². The first kappa shape index (κ1) is 12.3. The van der Waals surface area contributed by atoms with Crippen molar-refractivity contribution in [1.82, 2.24) is 0 Å². The van der Waals surface area contributed by atoms with Crippen molar-refractivity contribution in [2.75, 3.05) is 5.32 Å². The van der Waals surface area contributed by atoms with Crippen LogP contribution in [0.5, 0.6) is 5.75 Å². The monoisotopic (exact) mass is 237 g/mol. The SMILES string of the molecule is CC(=O)Nc1cc(F)ccc1OC(F)(F)F. The Bertz CT molecular complexity index is 403. The van der Waals surface area contributed by atoms with Crippen molar-refractivity contribution in [1.29, 1.82) is 0 Å². The van der Waals surface area contributed by atoms with Crippen LogP contribution < -0.4 is 10.1 Å². The minimum Gasteiger partial charge on any atom is -0.404 e. The fraction of sp³-hybridized carbons (Fsp3) is 0.222. The van der Waals surface area contributed by atoms with Gasteiger partial charge in [-0.3, -0.25) is 4.79 Å². The van der Waals surface area contributed by atoms with Gasteiger partial charge >= 0.3 is 6.36 Å². The van der Waals surface area contributed by atoms with E-state index < -0.39 is 23.8 Å². The van der Waals surface area contributed by atoms with Crippen molar-refractivity contribution in [2.24, 2.45) is 0 Å². The number of alkyl halides is 3. The Morgan fingerprint density at radius 3 is 2.50 bits per heavy atom. The summed E-state index contributed by atoms with van der Waals surface area (Å²) in [4.78, 5) is 10.7. The van der Waals surface area contributed by atoms with E-state index in [2.05, 4.69) is 4.74 Å². The minimum absolute atomic E-state index is 0.371. The van der Waals surface area contributed by atoms with Gasteiger partial charge in [-0.1, -0.05) is 0 Å². The number of carbonyl (C=O) groups is 1. The third kappa shape index (κ3) is 3.76. The highest BCUT2D eigenvalue weighted by molar-refractivity contribution is 5.90. The molecule has 0 spiro atoms.